The Morgan fingerprint density at radius 3 is 2.76 bits per heavy atom. The number of rotatable bonds is 7. The molecule has 0 unspecified atom stereocenters. The zero-order chi connectivity index (χ0) is 12.7. The molecule has 0 saturated heterocycles. The van der Waals surface area contributed by atoms with Crippen molar-refractivity contribution in [3.05, 3.63) is 22.2 Å². The molecule has 0 aliphatic rings. The van der Waals surface area contributed by atoms with Gasteiger partial charge in [-0.25, -0.2) is 0 Å². The highest BCUT2D eigenvalue weighted by molar-refractivity contribution is 9.10. The topological polar surface area (TPSA) is 50.7 Å². The van der Waals surface area contributed by atoms with Crippen LogP contribution in [0.3, 0.4) is 0 Å². The molecule has 1 rings (SSSR count). The van der Waals surface area contributed by atoms with Crippen LogP contribution in [0.1, 0.15) is 12.5 Å². The number of hydrogen-bond acceptors (Lipinski definition) is 4. The second kappa shape index (κ2) is 7.53. The number of halogens is 1. The second-order valence-electron chi connectivity index (χ2n) is 3.44. The predicted molar refractivity (Wildman–Crippen MR) is 70.7 cm³/mol. The number of methoxy groups -OCH3 is 1. The smallest absolute Gasteiger partial charge is 0.175 e. The lowest BCUT2D eigenvalue weighted by molar-refractivity contribution is 0.291. The van der Waals surface area contributed by atoms with E-state index in [9.17, 15) is 0 Å². The predicted octanol–water partition coefficient (Wildman–Crippen LogP) is 1.94. The van der Waals surface area contributed by atoms with E-state index in [0.29, 0.717) is 25.4 Å². The molecule has 0 bridgehead atoms. The summed E-state index contributed by atoms with van der Waals surface area (Å²) in [4.78, 5) is 0. The Labute approximate surface area is 110 Å². The average Bonchev–Trinajstić information content (AvgIpc) is 2.32. The lowest BCUT2D eigenvalue weighted by Crippen LogP contribution is -2.17. The summed E-state index contributed by atoms with van der Waals surface area (Å²) in [6, 6.07) is 3.91. The summed E-state index contributed by atoms with van der Waals surface area (Å²) in [6.45, 7) is 3.92. The summed E-state index contributed by atoms with van der Waals surface area (Å²) < 4.78 is 11.7. The monoisotopic (exact) mass is 303 g/mol. The molecule has 0 aromatic heterocycles. The Kier molecular flexibility index (Phi) is 6.32. The van der Waals surface area contributed by atoms with Gasteiger partial charge in [-0.1, -0.05) is 0 Å². The van der Waals surface area contributed by atoms with Crippen molar-refractivity contribution in [3.63, 3.8) is 0 Å². The fourth-order valence-corrected chi connectivity index (χ4v) is 2.08. The van der Waals surface area contributed by atoms with Crippen molar-refractivity contribution in [3.8, 4) is 11.5 Å². The first-order valence-electron chi connectivity index (χ1n) is 5.53. The lowest BCUT2D eigenvalue weighted by atomic mass is 10.2. The van der Waals surface area contributed by atoms with Gasteiger partial charge in [-0.3, -0.25) is 0 Å². The van der Waals surface area contributed by atoms with E-state index in [4.69, 9.17) is 14.6 Å². The summed E-state index contributed by atoms with van der Waals surface area (Å²) in [5.74, 6) is 1.43. The molecule has 0 heterocycles. The van der Waals surface area contributed by atoms with E-state index in [2.05, 4.69) is 21.2 Å². The second-order valence-corrected chi connectivity index (χ2v) is 4.30. The number of hydrogen-bond donors (Lipinski definition) is 2. The molecule has 96 valence electrons. The SMILES string of the molecule is CCOc1c(Br)cc(CNCCO)cc1OC. The molecule has 1 aromatic rings. The van der Waals surface area contributed by atoms with Crippen molar-refractivity contribution in [2.45, 2.75) is 13.5 Å². The van der Waals surface area contributed by atoms with Gasteiger partial charge in [0.25, 0.3) is 0 Å². The van der Waals surface area contributed by atoms with E-state index >= 15 is 0 Å². The molecular weight excluding hydrogens is 286 g/mol. The maximum Gasteiger partial charge on any atom is 0.175 e. The van der Waals surface area contributed by atoms with Crippen molar-refractivity contribution in [1.29, 1.82) is 0 Å². The van der Waals surface area contributed by atoms with Crippen LogP contribution in [0.15, 0.2) is 16.6 Å². The van der Waals surface area contributed by atoms with E-state index in [-0.39, 0.29) is 6.61 Å². The van der Waals surface area contributed by atoms with Crippen LogP contribution in [0, 0.1) is 0 Å². The molecule has 17 heavy (non-hydrogen) atoms. The van der Waals surface area contributed by atoms with Gasteiger partial charge in [-0.15, -0.1) is 0 Å². The molecule has 4 nitrogen and oxygen atoms in total. The summed E-state index contributed by atoms with van der Waals surface area (Å²) in [6.07, 6.45) is 0. The van der Waals surface area contributed by atoms with E-state index in [0.717, 1.165) is 15.8 Å². The maximum absolute atomic E-state index is 8.70. The van der Waals surface area contributed by atoms with Crippen molar-refractivity contribution in [2.24, 2.45) is 0 Å². The highest BCUT2D eigenvalue weighted by atomic mass is 79.9. The molecular formula is C12H18BrNO3. The van der Waals surface area contributed by atoms with Gasteiger partial charge >= 0.3 is 0 Å². The highest BCUT2D eigenvalue weighted by Gasteiger charge is 2.10. The van der Waals surface area contributed by atoms with E-state index in [1.54, 1.807) is 7.11 Å². The summed E-state index contributed by atoms with van der Waals surface area (Å²) in [5, 5.41) is 11.8. The van der Waals surface area contributed by atoms with Gasteiger partial charge in [0.15, 0.2) is 11.5 Å². The molecule has 0 aliphatic carbocycles. The summed E-state index contributed by atoms with van der Waals surface area (Å²) in [5.41, 5.74) is 1.07. The van der Waals surface area contributed by atoms with Crippen LogP contribution >= 0.6 is 15.9 Å². The van der Waals surface area contributed by atoms with Crippen LogP contribution in [0.5, 0.6) is 11.5 Å². The third-order valence-corrected chi connectivity index (χ3v) is 2.78. The molecule has 0 spiro atoms. The number of ether oxygens (including phenoxy) is 2. The average molecular weight is 304 g/mol. The fourth-order valence-electron chi connectivity index (χ4n) is 1.47. The van der Waals surface area contributed by atoms with Gasteiger partial charge in [-0.05, 0) is 40.5 Å². The number of nitrogens with one attached hydrogen (secondary N) is 1. The minimum Gasteiger partial charge on any atom is -0.493 e. The number of aliphatic hydroxyl groups excluding tert-OH is 1. The van der Waals surface area contributed by atoms with Gasteiger partial charge in [0.1, 0.15) is 0 Å². The van der Waals surface area contributed by atoms with Gasteiger partial charge in [0, 0.05) is 13.1 Å². The van der Waals surface area contributed by atoms with Crippen LogP contribution in [-0.2, 0) is 6.54 Å². The Morgan fingerprint density at radius 2 is 2.18 bits per heavy atom. The molecule has 0 atom stereocenters. The summed E-state index contributed by atoms with van der Waals surface area (Å²) in [7, 11) is 1.62. The number of aliphatic hydroxyl groups is 1. The molecule has 0 aliphatic heterocycles. The minimum atomic E-state index is 0.134. The van der Waals surface area contributed by atoms with Crippen molar-refractivity contribution >= 4 is 15.9 Å². The van der Waals surface area contributed by atoms with Gasteiger partial charge < -0.3 is 19.9 Å². The Balaban J connectivity index is 2.84. The molecule has 2 N–H and O–H groups in total. The van der Waals surface area contributed by atoms with Crippen molar-refractivity contribution in [1.82, 2.24) is 5.32 Å². The molecule has 1 aromatic carbocycles. The number of benzene rings is 1. The molecule has 0 radical (unpaired) electrons. The normalized spacial score (nSPS) is 10.4. The third kappa shape index (κ3) is 4.18. The van der Waals surface area contributed by atoms with Gasteiger partial charge in [0.2, 0.25) is 0 Å². The largest absolute Gasteiger partial charge is 0.493 e. The Hall–Kier alpha value is -0.780. The van der Waals surface area contributed by atoms with Gasteiger partial charge in [-0.2, -0.15) is 0 Å². The quantitative estimate of drug-likeness (QED) is 0.756. The van der Waals surface area contributed by atoms with E-state index in [1.807, 2.05) is 19.1 Å². The first kappa shape index (κ1) is 14.3. The van der Waals surface area contributed by atoms with E-state index in [1.165, 1.54) is 0 Å². The first-order chi connectivity index (χ1) is 8.22. The Morgan fingerprint density at radius 1 is 1.41 bits per heavy atom. The summed E-state index contributed by atoms with van der Waals surface area (Å²) >= 11 is 3.47. The highest BCUT2D eigenvalue weighted by Crippen LogP contribution is 2.36. The Bertz CT molecular complexity index is 358. The standard InChI is InChI=1S/C12H18BrNO3/c1-3-17-12-10(13)6-9(7-11(12)16-2)8-14-4-5-15/h6-7,14-15H,3-5,8H2,1-2H3. The van der Waals surface area contributed by atoms with Crippen molar-refractivity contribution in [2.75, 3.05) is 26.9 Å². The van der Waals surface area contributed by atoms with Crippen LogP contribution in [-0.4, -0.2) is 32.0 Å². The molecule has 0 saturated carbocycles. The van der Waals surface area contributed by atoms with Crippen LogP contribution in [0.2, 0.25) is 0 Å². The first-order valence-corrected chi connectivity index (χ1v) is 6.33. The van der Waals surface area contributed by atoms with Crippen LogP contribution in [0.4, 0.5) is 0 Å². The lowest BCUT2D eigenvalue weighted by Gasteiger charge is -2.13. The minimum absolute atomic E-state index is 0.134. The zero-order valence-electron chi connectivity index (χ0n) is 10.1. The fraction of sp³-hybridized carbons (Fsp3) is 0.500. The molecule has 0 amide bonds. The van der Waals surface area contributed by atoms with Crippen molar-refractivity contribution < 1.29 is 14.6 Å². The molecule has 0 fully saturated rings. The van der Waals surface area contributed by atoms with Gasteiger partial charge in [0.05, 0.1) is 24.8 Å². The van der Waals surface area contributed by atoms with Crippen LogP contribution in [0.25, 0.3) is 0 Å². The molecule has 5 heteroatoms. The van der Waals surface area contributed by atoms with E-state index < -0.39 is 0 Å². The maximum atomic E-state index is 8.70. The zero-order valence-corrected chi connectivity index (χ0v) is 11.7. The third-order valence-electron chi connectivity index (χ3n) is 2.20. The van der Waals surface area contributed by atoms with Crippen LogP contribution < -0.4 is 14.8 Å².